The predicted octanol–water partition coefficient (Wildman–Crippen LogP) is 2.54. The normalized spacial score (nSPS) is 26.7. The Kier molecular flexibility index (Phi) is 5.11. The Morgan fingerprint density at radius 1 is 1.37 bits per heavy atom. The number of nitrogens with zero attached hydrogens (tertiary/aromatic N) is 3. The molecular formula is C20H27N5O2. The van der Waals surface area contributed by atoms with Gasteiger partial charge in [-0.3, -0.25) is 4.90 Å². The lowest BCUT2D eigenvalue weighted by Crippen LogP contribution is -2.56. The summed E-state index contributed by atoms with van der Waals surface area (Å²) in [5.41, 5.74) is 1.96. The van der Waals surface area contributed by atoms with Crippen LogP contribution in [0.2, 0.25) is 0 Å². The smallest absolute Gasteiger partial charge is 0.314 e. The number of piperidine rings is 3. The Balaban J connectivity index is 1.47. The van der Waals surface area contributed by atoms with Gasteiger partial charge in [0.05, 0.1) is 6.26 Å². The number of aromatic nitrogens is 2. The van der Waals surface area contributed by atoms with Crippen LogP contribution < -0.4 is 10.6 Å². The van der Waals surface area contributed by atoms with Crippen LogP contribution in [0.1, 0.15) is 37.2 Å². The maximum atomic E-state index is 11.7. The third kappa shape index (κ3) is 3.83. The van der Waals surface area contributed by atoms with Gasteiger partial charge in [-0.05, 0) is 57.4 Å². The number of urea groups is 1. The van der Waals surface area contributed by atoms with Crippen LogP contribution in [-0.2, 0) is 0 Å². The zero-order valence-corrected chi connectivity index (χ0v) is 15.9. The summed E-state index contributed by atoms with van der Waals surface area (Å²) in [5, 5.41) is 5.79. The first-order chi connectivity index (χ1) is 13.1. The van der Waals surface area contributed by atoms with Crippen molar-refractivity contribution < 1.29 is 9.21 Å². The first kappa shape index (κ1) is 18.0. The van der Waals surface area contributed by atoms with Crippen molar-refractivity contribution in [1.82, 2.24) is 25.5 Å². The molecule has 2 N–H and O–H groups in total. The lowest BCUT2D eigenvalue weighted by atomic mass is 9.74. The van der Waals surface area contributed by atoms with Crippen LogP contribution in [0.3, 0.4) is 0 Å². The van der Waals surface area contributed by atoms with E-state index in [1.165, 1.54) is 6.42 Å². The first-order valence-corrected chi connectivity index (χ1v) is 9.79. The van der Waals surface area contributed by atoms with Crippen molar-refractivity contribution in [3.63, 3.8) is 0 Å². The molecule has 2 bridgehead atoms. The van der Waals surface area contributed by atoms with Gasteiger partial charge in [0.15, 0.2) is 5.76 Å². The molecule has 5 rings (SSSR count). The zero-order valence-electron chi connectivity index (χ0n) is 15.9. The topological polar surface area (TPSA) is 83.3 Å². The van der Waals surface area contributed by atoms with Gasteiger partial charge in [0.2, 0.25) is 0 Å². The van der Waals surface area contributed by atoms with E-state index in [2.05, 4.69) is 26.6 Å². The van der Waals surface area contributed by atoms with Crippen LogP contribution >= 0.6 is 0 Å². The number of fused-ring (bicyclic) bond motifs is 3. The van der Waals surface area contributed by atoms with E-state index < -0.39 is 0 Å². The molecule has 0 aromatic carbocycles. The number of hydrogen-bond acceptors (Lipinski definition) is 5. The molecule has 7 nitrogen and oxygen atoms in total. The minimum absolute atomic E-state index is 0.0776. The molecule has 2 aromatic rings. The molecule has 3 saturated heterocycles. The molecule has 3 aliphatic rings. The van der Waals surface area contributed by atoms with Gasteiger partial charge in [0, 0.05) is 37.3 Å². The number of carbonyl (C=O) groups is 1. The van der Waals surface area contributed by atoms with Gasteiger partial charge in [-0.1, -0.05) is 0 Å². The Bertz CT molecular complexity index is 792. The number of nitrogens with one attached hydrogen (secondary N) is 2. The van der Waals surface area contributed by atoms with Crippen molar-refractivity contribution in [3.05, 3.63) is 36.0 Å². The Morgan fingerprint density at radius 2 is 2.26 bits per heavy atom. The summed E-state index contributed by atoms with van der Waals surface area (Å²) in [6.45, 7) is 7.30. The number of hydrogen-bond donors (Lipinski definition) is 2. The van der Waals surface area contributed by atoms with E-state index in [4.69, 9.17) is 9.40 Å². The summed E-state index contributed by atoms with van der Waals surface area (Å²) >= 11 is 0. The minimum Gasteiger partial charge on any atom is -0.463 e. The fourth-order valence-electron chi connectivity index (χ4n) is 4.45. The molecule has 0 radical (unpaired) electrons. The lowest BCUT2D eigenvalue weighted by molar-refractivity contribution is 0.0305. The van der Waals surface area contributed by atoms with E-state index in [9.17, 15) is 4.79 Å². The fraction of sp³-hybridized carbons (Fsp3) is 0.550. The van der Waals surface area contributed by atoms with Gasteiger partial charge in [-0.25, -0.2) is 14.8 Å². The average Bonchev–Trinajstić information content (AvgIpc) is 3.21. The van der Waals surface area contributed by atoms with Crippen LogP contribution in [0, 0.1) is 12.8 Å². The van der Waals surface area contributed by atoms with E-state index in [1.807, 2.05) is 26.0 Å². The molecule has 7 heteroatoms. The van der Waals surface area contributed by atoms with Crippen molar-refractivity contribution in [2.75, 3.05) is 26.2 Å². The summed E-state index contributed by atoms with van der Waals surface area (Å²) in [6, 6.07) is 6.24. The van der Waals surface area contributed by atoms with E-state index in [0.29, 0.717) is 31.0 Å². The SMILES string of the molecule is CCNC(=O)NC[C@H]1C[C@@H]2CCN1C[C@@H]2c1cc(-c2ccco2)nc(C)n1. The van der Waals surface area contributed by atoms with Gasteiger partial charge in [0.25, 0.3) is 0 Å². The summed E-state index contributed by atoms with van der Waals surface area (Å²) in [7, 11) is 0. The molecule has 27 heavy (non-hydrogen) atoms. The Hall–Kier alpha value is -2.41. The van der Waals surface area contributed by atoms with E-state index in [-0.39, 0.29) is 6.03 Å². The highest BCUT2D eigenvalue weighted by Gasteiger charge is 2.41. The van der Waals surface area contributed by atoms with Gasteiger partial charge < -0.3 is 15.1 Å². The van der Waals surface area contributed by atoms with Crippen LogP contribution in [0.25, 0.3) is 11.5 Å². The third-order valence-electron chi connectivity index (χ3n) is 5.73. The van der Waals surface area contributed by atoms with Gasteiger partial charge >= 0.3 is 6.03 Å². The maximum absolute atomic E-state index is 11.7. The number of aryl methyl sites for hydroxylation is 1. The van der Waals surface area contributed by atoms with Crippen molar-refractivity contribution in [2.45, 2.75) is 38.6 Å². The quantitative estimate of drug-likeness (QED) is 0.846. The van der Waals surface area contributed by atoms with Crippen molar-refractivity contribution in [1.29, 1.82) is 0 Å². The molecular weight excluding hydrogens is 342 g/mol. The maximum Gasteiger partial charge on any atom is 0.314 e. The number of carbonyl (C=O) groups excluding carboxylic acids is 1. The molecule has 5 heterocycles. The molecule has 3 aliphatic heterocycles. The van der Waals surface area contributed by atoms with Gasteiger partial charge in [0.1, 0.15) is 11.5 Å². The second-order valence-corrected chi connectivity index (χ2v) is 7.48. The summed E-state index contributed by atoms with van der Waals surface area (Å²) in [5.74, 6) is 2.57. The van der Waals surface area contributed by atoms with E-state index >= 15 is 0 Å². The molecule has 144 valence electrons. The second-order valence-electron chi connectivity index (χ2n) is 7.48. The summed E-state index contributed by atoms with van der Waals surface area (Å²) < 4.78 is 5.52. The number of furan rings is 1. The molecule has 0 spiro atoms. The molecule has 2 amide bonds. The highest BCUT2D eigenvalue weighted by atomic mass is 16.3. The van der Waals surface area contributed by atoms with Gasteiger partial charge in [-0.2, -0.15) is 0 Å². The first-order valence-electron chi connectivity index (χ1n) is 9.79. The Labute approximate surface area is 159 Å². The third-order valence-corrected chi connectivity index (χ3v) is 5.73. The number of amides is 2. The van der Waals surface area contributed by atoms with Crippen LogP contribution in [0.15, 0.2) is 28.9 Å². The molecule has 0 saturated carbocycles. The van der Waals surface area contributed by atoms with Crippen molar-refractivity contribution in [3.8, 4) is 11.5 Å². The summed E-state index contributed by atoms with van der Waals surface area (Å²) in [6.07, 6.45) is 3.95. The van der Waals surface area contributed by atoms with Crippen LogP contribution in [0.4, 0.5) is 4.79 Å². The van der Waals surface area contributed by atoms with Crippen molar-refractivity contribution in [2.24, 2.45) is 5.92 Å². The lowest BCUT2D eigenvalue weighted by Gasteiger charge is -2.49. The monoisotopic (exact) mass is 369 g/mol. The second kappa shape index (κ2) is 7.68. The molecule has 2 aromatic heterocycles. The molecule has 0 aliphatic carbocycles. The Morgan fingerprint density at radius 3 is 2.96 bits per heavy atom. The largest absolute Gasteiger partial charge is 0.463 e. The van der Waals surface area contributed by atoms with Crippen molar-refractivity contribution >= 4 is 6.03 Å². The highest BCUT2D eigenvalue weighted by molar-refractivity contribution is 5.73. The zero-order chi connectivity index (χ0) is 18.8. The fourth-order valence-corrected chi connectivity index (χ4v) is 4.45. The van der Waals surface area contributed by atoms with Crippen LogP contribution in [0.5, 0.6) is 0 Å². The average molecular weight is 369 g/mol. The van der Waals surface area contributed by atoms with E-state index in [1.54, 1.807) is 6.26 Å². The highest BCUT2D eigenvalue weighted by Crippen LogP contribution is 2.41. The molecule has 4 atom stereocenters. The van der Waals surface area contributed by atoms with Gasteiger partial charge in [-0.15, -0.1) is 0 Å². The molecule has 1 unspecified atom stereocenters. The predicted molar refractivity (Wildman–Crippen MR) is 102 cm³/mol. The summed E-state index contributed by atoms with van der Waals surface area (Å²) in [4.78, 5) is 23.5. The standard InChI is InChI=1S/C20H27N5O2/c1-3-21-20(26)22-11-15-9-14-6-7-25(15)12-16(14)17-10-18(24-13(2)23-17)19-5-4-8-27-19/h4-5,8,10,14-16H,3,6-7,9,11-12H2,1-2H3,(H2,21,22,26)/t14-,15+,16-/m0/s1. The minimum atomic E-state index is -0.0776. The molecule has 3 fully saturated rings. The van der Waals surface area contributed by atoms with E-state index in [0.717, 1.165) is 42.5 Å². The van der Waals surface area contributed by atoms with Crippen LogP contribution in [-0.4, -0.2) is 53.1 Å². The number of rotatable bonds is 5.